The van der Waals surface area contributed by atoms with Crippen molar-refractivity contribution in [1.82, 2.24) is 5.32 Å². The first kappa shape index (κ1) is 21.9. The van der Waals surface area contributed by atoms with Crippen LogP contribution in [0.3, 0.4) is 0 Å². The lowest BCUT2D eigenvalue weighted by atomic mass is 9.95. The second-order valence-electron chi connectivity index (χ2n) is 7.26. The van der Waals surface area contributed by atoms with E-state index < -0.39 is 6.04 Å². The number of carbonyl (C=O) groups is 2. The highest BCUT2D eigenvalue weighted by Crippen LogP contribution is 2.19. The summed E-state index contributed by atoms with van der Waals surface area (Å²) in [6, 6.07) is 14.0. The molecule has 28 heavy (non-hydrogen) atoms. The largest absolute Gasteiger partial charge is 0.349 e. The molecule has 2 amide bonds. The molecule has 1 fully saturated rings. The number of rotatable bonds is 5. The Balaban J connectivity index is 0.00000280. The summed E-state index contributed by atoms with van der Waals surface area (Å²) in [6.07, 6.45) is 5.72. The number of amides is 2. The molecule has 6 heteroatoms. The van der Waals surface area contributed by atoms with Gasteiger partial charge in [-0.3, -0.25) is 9.59 Å². The Morgan fingerprint density at radius 1 is 0.964 bits per heavy atom. The molecular weight excluding hydrogens is 374 g/mol. The number of aryl methyl sites for hydroxylation is 1. The fraction of sp³-hybridized carbons (Fsp3) is 0.364. The first-order chi connectivity index (χ1) is 13.0. The zero-order valence-corrected chi connectivity index (χ0v) is 16.9. The summed E-state index contributed by atoms with van der Waals surface area (Å²) in [5.74, 6) is -0.339. The minimum atomic E-state index is -0.736. The fourth-order valence-corrected chi connectivity index (χ4v) is 3.37. The van der Waals surface area contributed by atoms with Crippen molar-refractivity contribution in [2.75, 3.05) is 5.32 Å². The van der Waals surface area contributed by atoms with Gasteiger partial charge in [0, 0.05) is 17.3 Å². The second kappa shape index (κ2) is 10.2. The van der Waals surface area contributed by atoms with Crippen LogP contribution in [0.1, 0.15) is 59.6 Å². The molecule has 2 aromatic carbocycles. The summed E-state index contributed by atoms with van der Waals surface area (Å²) in [5, 5.41) is 5.90. The van der Waals surface area contributed by atoms with Crippen molar-refractivity contribution in [3.8, 4) is 0 Å². The zero-order chi connectivity index (χ0) is 19.2. The third kappa shape index (κ3) is 5.81. The quantitative estimate of drug-likeness (QED) is 0.704. The van der Waals surface area contributed by atoms with Gasteiger partial charge < -0.3 is 16.4 Å². The maximum absolute atomic E-state index is 12.4. The number of hydrogen-bond donors (Lipinski definition) is 3. The number of anilines is 1. The molecule has 1 aliphatic rings. The number of nitrogens with two attached hydrogens (primary N) is 1. The molecule has 5 nitrogen and oxygen atoms in total. The third-order valence-electron chi connectivity index (χ3n) is 5.07. The van der Waals surface area contributed by atoms with Gasteiger partial charge in [-0.05, 0) is 49.6 Å². The van der Waals surface area contributed by atoms with Crippen LogP contribution in [-0.2, 0) is 4.79 Å². The molecule has 0 heterocycles. The lowest BCUT2D eigenvalue weighted by Gasteiger charge is -2.22. The monoisotopic (exact) mass is 401 g/mol. The van der Waals surface area contributed by atoms with Crippen molar-refractivity contribution in [1.29, 1.82) is 0 Å². The van der Waals surface area contributed by atoms with Crippen LogP contribution in [0.4, 0.5) is 5.69 Å². The Bertz CT molecular complexity index is 784. The Labute approximate surface area is 172 Å². The Morgan fingerprint density at radius 3 is 2.18 bits per heavy atom. The summed E-state index contributed by atoms with van der Waals surface area (Å²) in [7, 11) is 0. The third-order valence-corrected chi connectivity index (χ3v) is 5.07. The van der Waals surface area contributed by atoms with Crippen LogP contribution in [0, 0.1) is 6.92 Å². The van der Waals surface area contributed by atoms with E-state index in [4.69, 9.17) is 5.73 Å². The fourth-order valence-electron chi connectivity index (χ4n) is 3.37. The molecule has 4 N–H and O–H groups in total. The number of hydrogen-bond acceptors (Lipinski definition) is 3. The number of benzene rings is 2. The maximum Gasteiger partial charge on any atom is 0.251 e. The number of carbonyl (C=O) groups excluding carboxylic acids is 2. The van der Waals surface area contributed by atoms with Crippen LogP contribution in [0.5, 0.6) is 0 Å². The van der Waals surface area contributed by atoms with E-state index in [9.17, 15) is 9.59 Å². The molecule has 2 aromatic rings. The second-order valence-corrected chi connectivity index (χ2v) is 7.26. The lowest BCUT2D eigenvalue weighted by molar-refractivity contribution is -0.117. The molecule has 0 radical (unpaired) electrons. The average molecular weight is 402 g/mol. The van der Waals surface area contributed by atoms with Gasteiger partial charge in [0.15, 0.2) is 0 Å². The first-order valence-corrected chi connectivity index (χ1v) is 9.57. The molecule has 1 unspecified atom stereocenters. The van der Waals surface area contributed by atoms with E-state index in [2.05, 4.69) is 10.6 Å². The van der Waals surface area contributed by atoms with Crippen LogP contribution in [0.25, 0.3) is 0 Å². The standard InChI is InChI=1S/C22H27N3O2.ClH/c1-15-7-9-16(10-8-15)20(23)22(27)25-19-13-11-17(12-14-19)21(26)24-18-5-3-2-4-6-18;/h7-14,18,20H,2-6,23H2,1H3,(H,24,26)(H,25,27);1H. The van der Waals surface area contributed by atoms with Crippen LogP contribution < -0.4 is 16.4 Å². The molecule has 1 aliphatic carbocycles. The van der Waals surface area contributed by atoms with E-state index in [-0.39, 0.29) is 30.3 Å². The Kier molecular flexibility index (Phi) is 8.03. The molecular formula is C22H28ClN3O2. The van der Waals surface area contributed by atoms with Gasteiger partial charge in [0.05, 0.1) is 0 Å². The molecule has 0 aromatic heterocycles. The van der Waals surface area contributed by atoms with Gasteiger partial charge in [-0.1, -0.05) is 49.1 Å². The highest BCUT2D eigenvalue weighted by atomic mass is 35.5. The molecule has 0 saturated heterocycles. The predicted octanol–water partition coefficient (Wildman–Crippen LogP) is 4.12. The molecule has 0 bridgehead atoms. The normalized spacial score (nSPS) is 15.2. The van der Waals surface area contributed by atoms with E-state index in [0.717, 1.165) is 24.0 Å². The van der Waals surface area contributed by atoms with Gasteiger partial charge >= 0.3 is 0 Å². The van der Waals surface area contributed by atoms with Gasteiger partial charge in [-0.25, -0.2) is 0 Å². The van der Waals surface area contributed by atoms with Crippen LogP contribution >= 0.6 is 12.4 Å². The van der Waals surface area contributed by atoms with Gasteiger partial charge in [0.1, 0.15) is 6.04 Å². The lowest BCUT2D eigenvalue weighted by Crippen LogP contribution is -2.36. The SMILES string of the molecule is Cc1ccc(C(N)C(=O)Nc2ccc(C(=O)NC3CCCCC3)cc2)cc1.Cl. The molecule has 150 valence electrons. The maximum atomic E-state index is 12.4. The highest BCUT2D eigenvalue weighted by molar-refractivity contribution is 5.97. The van der Waals surface area contributed by atoms with E-state index >= 15 is 0 Å². The number of nitrogens with one attached hydrogen (secondary N) is 2. The molecule has 0 aliphatic heterocycles. The smallest absolute Gasteiger partial charge is 0.251 e. The number of halogens is 1. The zero-order valence-electron chi connectivity index (χ0n) is 16.1. The van der Waals surface area contributed by atoms with E-state index in [1.807, 2.05) is 31.2 Å². The summed E-state index contributed by atoms with van der Waals surface area (Å²) in [5.41, 5.74) is 9.15. The van der Waals surface area contributed by atoms with Gasteiger partial charge in [-0.15, -0.1) is 12.4 Å². The van der Waals surface area contributed by atoms with Crippen LogP contribution in [-0.4, -0.2) is 17.9 Å². The van der Waals surface area contributed by atoms with Crippen molar-refractivity contribution in [2.24, 2.45) is 5.73 Å². The minimum Gasteiger partial charge on any atom is -0.349 e. The molecule has 0 spiro atoms. The summed E-state index contributed by atoms with van der Waals surface area (Å²) in [6.45, 7) is 1.99. The van der Waals surface area contributed by atoms with Crippen molar-refractivity contribution in [3.05, 3.63) is 65.2 Å². The average Bonchev–Trinajstić information content (AvgIpc) is 2.69. The van der Waals surface area contributed by atoms with Crippen molar-refractivity contribution in [3.63, 3.8) is 0 Å². The van der Waals surface area contributed by atoms with Crippen LogP contribution in [0.2, 0.25) is 0 Å². The topological polar surface area (TPSA) is 84.2 Å². The first-order valence-electron chi connectivity index (χ1n) is 9.57. The predicted molar refractivity (Wildman–Crippen MR) is 115 cm³/mol. The minimum absolute atomic E-state index is 0. The summed E-state index contributed by atoms with van der Waals surface area (Å²) >= 11 is 0. The summed E-state index contributed by atoms with van der Waals surface area (Å²) in [4.78, 5) is 24.7. The highest BCUT2D eigenvalue weighted by Gasteiger charge is 2.18. The Hall–Kier alpha value is -2.37. The van der Waals surface area contributed by atoms with Crippen LogP contribution in [0.15, 0.2) is 48.5 Å². The molecule has 1 saturated carbocycles. The van der Waals surface area contributed by atoms with Gasteiger partial charge in [0.25, 0.3) is 5.91 Å². The Morgan fingerprint density at radius 2 is 1.57 bits per heavy atom. The van der Waals surface area contributed by atoms with Gasteiger partial charge in [-0.2, -0.15) is 0 Å². The van der Waals surface area contributed by atoms with Crippen molar-refractivity contribution >= 4 is 29.9 Å². The summed E-state index contributed by atoms with van der Waals surface area (Å²) < 4.78 is 0. The van der Waals surface area contributed by atoms with E-state index in [1.54, 1.807) is 24.3 Å². The molecule has 3 rings (SSSR count). The van der Waals surface area contributed by atoms with Crippen molar-refractivity contribution in [2.45, 2.75) is 51.1 Å². The van der Waals surface area contributed by atoms with Crippen molar-refractivity contribution < 1.29 is 9.59 Å². The van der Waals surface area contributed by atoms with E-state index in [1.165, 1.54) is 19.3 Å². The van der Waals surface area contributed by atoms with Gasteiger partial charge in [0.2, 0.25) is 5.91 Å². The molecule has 1 atom stereocenters. The van der Waals surface area contributed by atoms with E-state index in [0.29, 0.717) is 11.3 Å².